The van der Waals surface area contributed by atoms with Crippen molar-refractivity contribution in [1.82, 2.24) is 0 Å². The molecule has 0 aliphatic carbocycles. The van der Waals surface area contributed by atoms with Crippen LogP contribution in [0.4, 0.5) is 13.2 Å². The molecular formula is C15H13F3O. The van der Waals surface area contributed by atoms with E-state index in [-0.39, 0.29) is 11.3 Å². The van der Waals surface area contributed by atoms with Crippen molar-refractivity contribution in [2.75, 3.05) is 0 Å². The molecule has 1 aromatic carbocycles. The minimum Gasteiger partial charge on any atom is -0.461 e. The van der Waals surface area contributed by atoms with Crippen LogP contribution < -0.4 is 0 Å². The van der Waals surface area contributed by atoms with Crippen molar-refractivity contribution in [3.63, 3.8) is 0 Å². The van der Waals surface area contributed by atoms with Gasteiger partial charge in [-0.1, -0.05) is 30.3 Å². The highest BCUT2D eigenvalue weighted by Gasteiger charge is 2.38. The summed E-state index contributed by atoms with van der Waals surface area (Å²) < 4.78 is 44.8. The van der Waals surface area contributed by atoms with E-state index in [1.807, 2.05) is 0 Å². The van der Waals surface area contributed by atoms with Crippen LogP contribution >= 0.6 is 0 Å². The van der Waals surface area contributed by atoms with Crippen molar-refractivity contribution in [1.29, 1.82) is 0 Å². The third-order valence-electron chi connectivity index (χ3n) is 2.85. The lowest BCUT2D eigenvalue weighted by Gasteiger charge is -2.14. The molecule has 4 heteroatoms. The van der Waals surface area contributed by atoms with Crippen LogP contribution in [-0.4, -0.2) is 6.18 Å². The van der Waals surface area contributed by atoms with Crippen molar-refractivity contribution in [3.8, 4) is 0 Å². The summed E-state index contributed by atoms with van der Waals surface area (Å²) in [7, 11) is 0. The summed E-state index contributed by atoms with van der Waals surface area (Å²) in [5.74, 6) is 0.309. The third kappa shape index (κ3) is 2.89. The van der Waals surface area contributed by atoms with E-state index in [2.05, 4.69) is 0 Å². The first-order valence-corrected chi connectivity index (χ1v) is 5.80. The standard InChI is InChI=1S/C15H13F3O/c1-10-8-9-13(19-10)14(15(16,17)18)11(2)12-6-4-3-5-7-12/h3-9H,1-2H3/b14-11+. The minimum absolute atomic E-state index is 0.147. The number of aryl methyl sites for hydroxylation is 1. The molecule has 1 nitrogen and oxygen atoms in total. The molecule has 2 aromatic rings. The number of hydrogen-bond acceptors (Lipinski definition) is 1. The van der Waals surface area contributed by atoms with Crippen LogP contribution in [0.5, 0.6) is 0 Å². The molecule has 2 rings (SSSR count). The van der Waals surface area contributed by atoms with Crippen LogP contribution in [-0.2, 0) is 0 Å². The van der Waals surface area contributed by atoms with Crippen LogP contribution in [0.1, 0.15) is 24.0 Å². The Hall–Kier alpha value is -1.97. The van der Waals surface area contributed by atoms with Gasteiger partial charge in [0.2, 0.25) is 0 Å². The molecule has 0 saturated heterocycles. The summed E-state index contributed by atoms with van der Waals surface area (Å²) in [6, 6.07) is 11.4. The highest BCUT2D eigenvalue weighted by Crippen LogP contribution is 2.40. The average molecular weight is 266 g/mol. The fraction of sp³-hybridized carbons (Fsp3) is 0.200. The highest BCUT2D eigenvalue weighted by atomic mass is 19.4. The van der Waals surface area contributed by atoms with Crippen LogP contribution in [0.2, 0.25) is 0 Å². The fourth-order valence-corrected chi connectivity index (χ4v) is 1.94. The highest BCUT2D eigenvalue weighted by molar-refractivity contribution is 5.90. The Labute approximate surface area is 109 Å². The van der Waals surface area contributed by atoms with Gasteiger partial charge in [-0.15, -0.1) is 0 Å². The second-order valence-electron chi connectivity index (χ2n) is 4.27. The van der Waals surface area contributed by atoms with Crippen LogP contribution in [0.25, 0.3) is 11.1 Å². The molecule has 0 saturated carbocycles. The summed E-state index contributed by atoms with van der Waals surface area (Å²) in [4.78, 5) is 0. The van der Waals surface area contributed by atoms with Crippen molar-refractivity contribution in [2.24, 2.45) is 0 Å². The van der Waals surface area contributed by atoms with Gasteiger partial charge >= 0.3 is 6.18 Å². The zero-order valence-electron chi connectivity index (χ0n) is 10.6. The molecule has 100 valence electrons. The Morgan fingerprint density at radius 1 is 1.00 bits per heavy atom. The number of hydrogen-bond donors (Lipinski definition) is 0. The van der Waals surface area contributed by atoms with Crippen LogP contribution in [0.15, 0.2) is 46.9 Å². The molecule has 0 bridgehead atoms. The average Bonchev–Trinajstić information content (AvgIpc) is 2.75. The summed E-state index contributed by atoms with van der Waals surface area (Å²) in [5, 5.41) is 0. The van der Waals surface area contributed by atoms with Crippen molar-refractivity contribution < 1.29 is 17.6 Å². The van der Waals surface area contributed by atoms with E-state index < -0.39 is 11.7 Å². The number of rotatable bonds is 2. The first kappa shape index (κ1) is 13.5. The molecule has 0 aliphatic rings. The number of allylic oxidation sites excluding steroid dienone is 2. The van der Waals surface area contributed by atoms with Gasteiger partial charge in [0.05, 0.1) is 0 Å². The van der Waals surface area contributed by atoms with E-state index >= 15 is 0 Å². The van der Waals surface area contributed by atoms with Crippen LogP contribution in [0, 0.1) is 6.92 Å². The lowest BCUT2D eigenvalue weighted by Crippen LogP contribution is -2.12. The lowest BCUT2D eigenvalue weighted by molar-refractivity contribution is -0.0696. The predicted octanol–water partition coefficient (Wildman–Crippen LogP) is 5.08. The Morgan fingerprint density at radius 3 is 2.11 bits per heavy atom. The largest absolute Gasteiger partial charge is 0.461 e. The predicted molar refractivity (Wildman–Crippen MR) is 68.4 cm³/mol. The summed E-state index contributed by atoms with van der Waals surface area (Å²) in [5.41, 5.74) is -0.0434. The Bertz CT molecular complexity index is 591. The molecule has 1 aromatic heterocycles. The van der Waals surface area contributed by atoms with E-state index in [4.69, 9.17) is 4.42 Å². The van der Waals surface area contributed by atoms with Gasteiger partial charge in [-0.25, -0.2) is 0 Å². The van der Waals surface area contributed by atoms with Crippen LogP contribution in [0.3, 0.4) is 0 Å². The molecule has 0 aliphatic heterocycles. The molecule has 0 spiro atoms. The van der Waals surface area contributed by atoms with Gasteiger partial charge in [0, 0.05) is 0 Å². The van der Waals surface area contributed by atoms with Gasteiger partial charge in [-0.3, -0.25) is 0 Å². The topological polar surface area (TPSA) is 13.1 Å². The molecule has 0 N–H and O–H groups in total. The van der Waals surface area contributed by atoms with Crippen molar-refractivity contribution in [3.05, 3.63) is 59.5 Å². The molecule has 0 fully saturated rings. The minimum atomic E-state index is -4.45. The summed E-state index contributed by atoms with van der Waals surface area (Å²) in [6.45, 7) is 3.07. The molecule has 0 unspecified atom stereocenters. The monoisotopic (exact) mass is 266 g/mol. The maximum Gasteiger partial charge on any atom is 0.420 e. The number of alkyl halides is 3. The summed E-state index contributed by atoms with van der Waals surface area (Å²) in [6.07, 6.45) is -4.45. The normalized spacial score (nSPS) is 13.3. The Kier molecular flexibility index (Phi) is 3.51. The first-order valence-electron chi connectivity index (χ1n) is 5.80. The SMILES string of the molecule is C/C(=C(/c1ccc(C)o1)C(F)(F)F)c1ccccc1. The van der Waals surface area contributed by atoms with E-state index in [1.165, 1.54) is 19.1 Å². The quantitative estimate of drug-likeness (QED) is 0.738. The van der Waals surface area contributed by atoms with Crippen molar-refractivity contribution in [2.45, 2.75) is 20.0 Å². The van der Waals surface area contributed by atoms with Gasteiger partial charge in [-0.05, 0) is 37.1 Å². The van der Waals surface area contributed by atoms with E-state index in [9.17, 15) is 13.2 Å². The first-order chi connectivity index (χ1) is 8.89. The van der Waals surface area contributed by atoms with Crippen molar-refractivity contribution >= 4 is 11.1 Å². The summed E-state index contributed by atoms with van der Waals surface area (Å²) >= 11 is 0. The molecule has 19 heavy (non-hydrogen) atoms. The molecule has 0 radical (unpaired) electrons. The van der Waals surface area contributed by atoms with Gasteiger partial charge < -0.3 is 4.42 Å². The number of halogens is 3. The lowest BCUT2D eigenvalue weighted by atomic mass is 9.99. The zero-order valence-corrected chi connectivity index (χ0v) is 10.6. The smallest absolute Gasteiger partial charge is 0.420 e. The second-order valence-corrected chi connectivity index (χ2v) is 4.27. The van der Waals surface area contributed by atoms with Gasteiger partial charge in [0.25, 0.3) is 0 Å². The Morgan fingerprint density at radius 2 is 1.63 bits per heavy atom. The number of furan rings is 1. The Balaban J connectivity index is 2.62. The zero-order chi connectivity index (χ0) is 14.0. The second kappa shape index (κ2) is 4.96. The maximum atomic E-state index is 13.2. The van der Waals surface area contributed by atoms with Gasteiger partial charge in [0.15, 0.2) is 0 Å². The third-order valence-corrected chi connectivity index (χ3v) is 2.85. The van der Waals surface area contributed by atoms with E-state index in [0.717, 1.165) is 0 Å². The molecule has 1 heterocycles. The maximum absolute atomic E-state index is 13.2. The molecule has 0 amide bonds. The van der Waals surface area contributed by atoms with Gasteiger partial charge in [-0.2, -0.15) is 13.2 Å². The fourth-order valence-electron chi connectivity index (χ4n) is 1.94. The van der Waals surface area contributed by atoms with E-state index in [1.54, 1.807) is 37.3 Å². The molecular weight excluding hydrogens is 253 g/mol. The van der Waals surface area contributed by atoms with E-state index in [0.29, 0.717) is 11.3 Å². The van der Waals surface area contributed by atoms with Gasteiger partial charge in [0.1, 0.15) is 17.1 Å². The molecule has 0 atom stereocenters. The number of benzene rings is 1.